The van der Waals surface area contributed by atoms with Gasteiger partial charge in [-0.15, -0.1) is 12.4 Å². The molecule has 0 amide bonds. The summed E-state index contributed by atoms with van der Waals surface area (Å²) in [5, 5.41) is 3.83. The van der Waals surface area contributed by atoms with Gasteiger partial charge in [-0.3, -0.25) is 14.8 Å². The molecule has 3 rings (SSSR count). The van der Waals surface area contributed by atoms with Crippen molar-refractivity contribution in [2.45, 2.75) is 12.2 Å². The van der Waals surface area contributed by atoms with Crippen LogP contribution in [0.4, 0.5) is 5.95 Å². The van der Waals surface area contributed by atoms with Crippen LogP contribution < -0.4 is 10.9 Å². The van der Waals surface area contributed by atoms with Crippen molar-refractivity contribution in [2.24, 2.45) is 0 Å². The van der Waals surface area contributed by atoms with Gasteiger partial charge in [0.1, 0.15) is 0 Å². The first-order chi connectivity index (χ1) is 13.1. The van der Waals surface area contributed by atoms with E-state index in [1.54, 1.807) is 24.2 Å². The summed E-state index contributed by atoms with van der Waals surface area (Å²) in [7, 11) is 0. The maximum Gasteiger partial charge on any atom is 0.255 e. The Bertz CT molecular complexity index is 953. The lowest BCUT2D eigenvalue weighted by molar-refractivity contribution is 1.01. The molecule has 2 heterocycles. The maximum absolute atomic E-state index is 12.2. The first-order valence-corrected chi connectivity index (χ1v) is 10.7. The van der Waals surface area contributed by atoms with Gasteiger partial charge in [-0.2, -0.15) is 11.8 Å². The largest absolute Gasteiger partial charge is 0.355 e. The van der Waals surface area contributed by atoms with Crippen molar-refractivity contribution in [2.75, 3.05) is 17.6 Å². The van der Waals surface area contributed by atoms with E-state index in [1.165, 1.54) is 0 Å². The van der Waals surface area contributed by atoms with E-state index in [0.717, 1.165) is 27.2 Å². The number of H-pyrrole nitrogens is 1. The fraction of sp³-hybridized carbons (Fsp3) is 0.211. The van der Waals surface area contributed by atoms with E-state index in [2.05, 4.69) is 36.2 Å². The maximum atomic E-state index is 12.2. The van der Waals surface area contributed by atoms with Gasteiger partial charge in [0, 0.05) is 51.9 Å². The van der Waals surface area contributed by atoms with E-state index in [1.807, 2.05) is 36.4 Å². The summed E-state index contributed by atoms with van der Waals surface area (Å²) in [6.07, 6.45) is 3.93. The molecule has 0 unspecified atom stereocenters. The van der Waals surface area contributed by atoms with Crippen molar-refractivity contribution >= 4 is 57.6 Å². The lowest BCUT2D eigenvalue weighted by Crippen LogP contribution is -2.18. The Labute approximate surface area is 187 Å². The minimum atomic E-state index is -0.132. The molecule has 0 aliphatic heterocycles. The van der Waals surface area contributed by atoms with E-state index >= 15 is 0 Å². The Morgan fingerprint density at radius 3 is 2.68 bits per heavy atom. The first kappa shape index (κ1) is 22.7. The third-order valence-electron chi connectivity index (χ3n) is 3.79. The van der Waals surface area contributed by atoms with Crippen LogP contribution in [0.1, 0.15) is 16.8 Å². The predicted octanol–water partition coefficient (Wildman–Crippen LogP) is 4.94. The van der Waals surface area contributed by atoms with Crippen molar-refractivity contribution in [3.05, 3.63) is 85.5 Å². The summed E-state index contributed by atoms with van der Waals surface area (Å²) in [5.41, 5.74) is 2.54. The molecule has 0 fully saturated rings. The van der Waals surface area contributed by atoms with Gasteiger partial charge in [-0.25, -0.2) is 4.98 Å². The van der Waals surface area contributed by atoms with E-state index < -0.39 is 0 Å². The second-order valence-corrected chi connectivity index (χ2v) is 8.20. The molecule has 0 spiro atoms. The molecular weight excluding hydrogens is 483 g/mol. The molecule has 0 saturated carbocycles. The smallest absolute Gasteiger partial charge is 0.255 e. The molecule has 148 valence electrons. The van der Waals surface area contributed by atoms with Crippen molar-refractivity contribution in [3.63, 3.8) is 0 Å². The molecular formula is C19H19BrCl2N4OS. The number of benzene rings is 1. The van der Waals surface area contributed by atoms with Crippen LogP contribution in [0, 0.1) is 0 Å². The van der Waals surface area contributed by atoms with Crippen LogP contribution in [-0.2, 0) is 12.2 Å². The minimum Gasteiger partial charge on any atom is -0.355 e. The van der Waals surface area contributed by atoms with E-state index in [-0.39, 0.29) is 18.0 Å². The van der Waals surface area contributed by atoms with Crippen LogP contribution in [0.5, 0.6) is 0 Å². The van der Waals surface area contributed by atoms with Crippen LogP contribution in [0.3, 0.4) is 0 Å². The van der Waals surface area contributed by atoms with Crippen molar-refractivity contribution in [1.29, 1.82) is 0 Å². The SMILES string of the molecule is Cl.O=c1[nH]c(NCCSCc2ncccc2Br)ncc1Cc1ccc(Cl)cc1. The van der Waals surface area contributed by atoms with Gasteiger partial charge < -0.3 is 5.32 Å². The topological polar surface area (TPSA) is 70.7 Å². The lowest BCUT2D eigenvalue weighted by Gasteiger charge is -2.07. The third kappa shape index (κ3) is 6.81. The van der Waals surface area contributed by atoms with Crippen molar-refractivity contribution < 1.29 is 0 Å². The average Bonchev–Trinajstić information content (AvgIpc) is 2.67. The van der Waals surface area contributed by atoms with Gasteiger partial charge in [0.05, 0.1) is 5.69 Å². The van der Waals surface area contributed by atoms with Crippen LogP contribution in [0.15, 0.2) is 58.1 Å². The van der Waals surface area contributed by atoms with Gasteiger partial charge in [-0.1, -0.05) is 23.7 Å². The summed E-state index contributed by atoms with van der Waals surface area (Å²) in [5.74, 6) is 2.19. The second-order valence-electron chi connectivity index (χ2n) is 5.80. The Balaban J connectivity index is 0.00000280. The number of aromatic nitrogens is 3. The molecule has 0 aliphatic rings. The van der Waals surface area contributed by atoms with Crippen LogP contribution in [-0.4, -0.2) is 27.2 Å². The zero-order chi connectivity index (χ0) is 19.1. The van der Waals surface area contributed by atoms with E-state index in [9.17, 15) is 4.79 Å². The van der Waals surface area contributed by atoms with Gasteiger partial charge in [0.25, 0.3) is 5.56 Å². The van der Waals surface area contributed by atoms with E-state index in [0.29, 0.717) is 29.5 Å². The normalized spacial score (nSPS) is 10.4. The van der Waals surface area contributed by atoms with Crippen molar-refractivity contribution in [1.82, 2.24) is 15.0 Å². The Morgan fingerprint density at radius 2 is 1.96 bits per heavy atom. The molecule has 0 aliphatic carbocycles. The molecule has 0 saturated heterocycles. The summed E-state index contributed by atoms with van der Waals surface area (Å²) >= 11 is 11.1. The molecule has 2 N–H and O–H groups in total. The minimum absolute atomic E-state index is 0. The number of nitrogens with zero attached hydrogens (tertiary/aromatic N) is 2. The molecule has 0 atom stereocenters. The number of aromatic amines is 1. The fourth-order valence-electron chi connectivity index (χ4n) is 2.39. The molecule has 1 aromatic carbocycles. The fourth-order valence-corrected chi connectivity index (χ4v) is 3.92. The predicted molar refractivity (Wildman–Crippen MR) is 123 cm³/mol. The summed E-state index contributed by atoms with van der Waals surface area (Å²) < 4.78 is 1.02. The number of rotatable bonds is 8. The number of hydrogen-bond donors (Lipinski definition) is 2. The standard InChI is InChI=1S/C19H18BrClN4OS.ClH/c20-16-2-1-7-22-17(16)12-27-9-8-23-19-24-11-14(18(26)25-19)10-13-3-5-15(21)6-4-13;/h1-7,11H,8-10,12H2,(H2,23,24,25,26);1H. The zero-order valence-corrected chi connectivity index (χ0v) is 18.8. The van der Waals surface area contributed by atoms with E-state index in [4.69, 9.17) is 11.6 Å². The Hall–Kier alpha value is -1.54. The Kier molecular flexibility index (Phi) is 9.31. The second kappa shape index (κ2) is 11.5. The summed E-state index contributed by atoms with van der Waals surface area (Å²) in [4.78, 5) is 23.7. The highest BCUT2D eigenvalue weighted by Gasteiger charge is 2.05. The molecule has 9 heteroatoms. The van der Waals surface area contributed by atoms with Crippen LogP contribution in [0.2, 0.25) is 5.02 Å². The van der Waals surface area contributed by atoms with Crippen molar-refractivity contribution in [3.8, 4) is 0 Å². The quantitative estimate of drug-likeness (QED) is 0.428. The number of nitrogens with one attached hydrogen (secondary N) is 2. The van der Waals surface area contributed by atoms with Gasteiger partial charge in [0.2, 0.25) is 5.95 Å². The number of hydrogen-bond acceptors (Lipinski definition) is 5. The molecule has 0 bridgehead atoms. The van der Waals surface area contributed by atoms with Crippen LogP contribution in [0.25, 0.3) is 0 Å². The summed E-state index contributed by atoms with van der Waals surface area (Å²) in [6.45, 7) is 0.703. The monoisotopic (exact) mass is 500 g/mol. The number of anilines is 1. The van der Waals surface area contributed by atoms with Crippen LogP contribution >= 0.6 is 51.7 Å². The molecule has 3 aromatic rings. The number of thioether (sulfide) groups is 1. The highest BCUT2D eigenvalue weighted by molar-refractivity contribution is 9.10. The average molecular weight is 502 g/mol. The van der Waals surface area contributed by atoms with Gasteiger partial charge in [-0.05, 0) is 45.8 Å². The third-order valence-corrected chi connectivity index (χ3v) is 5.74. The molecule has 2 aromatic heterocycles. The van der Waals surface area contributed by atoms with Gasteiger partial charge in [0.15, 0.2) is 0 Å². The first-order valence-electron chi connectivity index (χ1n) is 8.35. The highest BCUT2D eigenvalue weighted by atomic mass is 79.9. The Morgan fingerprint density at radius 1 is 1.18 bits per heavy atom. The number of pyridine rings is 1. The number of halogens is 3. The summed E-state index contributed by atoms with van der Waals surface area (Å²) in [6, 6.07) is 11.3. The molecule has 28 heavy (non-hydrogen) atoms. The highest BCUT2D eigenvalue weighted by Crippen LogP contribution is 2.18. The lowest BCUT2D eigenvalue weighted by atomic mass is 10.1. The zero-order valence-electron chi connectivity index (χ0n) is 14.8. The molecule has 0 radical (unpaired) electrons. The molecule has 5 nitrogen and oxygen atoms in total. The van der Waals surface area contributed by atoms with Gasteiger partial charge >= 0.3 is 0 Å².